The van der Waals surface area contributed by atoms with Crippen LogP contribution < -0.4 is 0 Å². The van der Waals surface area contributed by atoms with Crippen LogP contribution in [-0.2, 0) is 19.3 Å². The lowest BCUT2D eigenvalue weighted by molar-refractivity contribution is 0.545. The maximum Gasteiger partial charge on any atom is 0.129 e. The molecule has 0 fully saturated rings. The third-order valence-electron chi connectivity index (χ3n) is 4.43. The van der Waals surface area contributed by atoms with Crippen molar-refractivity contribution in [1.82, 2.24) is 0 Å². The highest BCUT2D eigenvalue weighted by atomic mass is 19.1. The van der Waals surface area contributed by atoms with Crippen molar-refractivity contribution in [1.29, 1.82) is 0 Å². The summed E-state index contributed by atoms with van der Waals surface area (Å²) in [7, 11) is 0. The Balaban J connectivity index is 1.96. The molecule has 2 rings (SSSR count). The lowest BCUT2D eigenvalue weighted by atomic mass is 9.99. The SMILES string of the molecule is CCC/C=C/c1ccc(CCc2cc(F)c(CCCC)c(F)c2)cc1. The molecule has 0 atom stereocenters. The summed E-state index contributed by atoms with van der Waals surface area (Å²) in [5.41, 5.74) is 3.33. The fraction of sp³-hybridized carbons (Fsp3) is 0.391. The van der Waals surface area contributed by atoms with Gasteiger partial charge in [-0.05, 0) is 60.9 Å². The van der Waals surface area contributed by atoms with E-state index in [9.17, 15) is 8.78 Å². The van der Waals surface area contributed by atoms with E-state index in [2.05, 4.69) is 43.3 Å². The van der Waals surface area contributed by atoms with Crippen LogP contribution in [0.4, 0.5) is 8.78 Å². The second kappa shape index (κ2) is 10.1. The van der Waals surface area contributed by atoms with Crippen LogP contribution in [0.2, 0.25) is 0 Å². The summed E-state index contributed by atoms with van der Waals surface area (Å²) in [4.78, 5) is 0. The Kier molecular flexibility index (Phi) is 7.84. The third-order valence-corrected chi connectivity index (χ3v) is 4.43. The molecule has 0 aliphatic rings. The quantitative estimate of drug-likeness (QED) is 0.464. The molecule has 0 aromatic heterocycles. The molecule has 134 valence electrons. The van der Waals surface area contributed by atoms with Crippen LogP contribution in [0.25, 0.3) is 6.08 Å². The molecule has 25 heavy (non-hydrogen) atoms. The van der Waals surface area contributed by atoms with Gasteiger partial charge in [0.25, 0.3) is 0 Å². The number of aryl methyl sites for hydroxylation is 2. The van der Waals surface area contributed by atoms with Crippen molar-refractivity contribution < 1.29 is 8.78 Å². The average molecular weight is 342 g/mol. The molecule has 0 saturated carbocycles. The number of hydrogen-bond acceptors (Lipinski definition) is 0. The van der Waals surface area contributed by atoms with E-state index in [-0.39, 0.29) is 5.56 Å². The van der Waals surface area contributed by atoms with Crippen molar-refractivity contribution in [3.63, 3.8) is 0 Å². The minimum atomic E-state index is -0.403. The Morgan fingerprint density at radius 2 is 1.44 bits per heavy atom. The largest absolute Gasteiger partial charge is 0.207 e. The summed E-state index contributed by atoms with van der Waals surface area (Å²) < 4.78 is 28.2. The van der Waals surface area contributed by atoms with E-state index < -0.39 is 11.6 Å². The number of allylic oxidation sites excluding steroid dienone is 1. The maximum absolute atomic E-state index is 14.1. The topological polar surface area (TPSA) is 0 Å². The Bertz CT molecular complexity index is 661. The summed E-state index contributed by atoms with van der Waals surface area (Å²) in [6.45, 7) is 4.19. The van der Waals surface area contributed by atoms with Crippen LogP contribution in [-0.4, -0.2) is 0 Å². The van der Waals surface area contributed by atoms with Gasteiger partial charge in [0.1, 0.15) is 11.6 Å². The summed E-state index contributed by atoms with van der Waals surface area (Å²) in [5.74, 6) is -0.806. The van der Waals surface area contributed by atoms with Gasteiger partial charge in [0.2, 0.25) is 0 Å². The van der Waals surface area contributed by atoms with E-state index in [1.54, 1.807) is 0 Å². The molecule has 0 amide bonds. The molecular weight excluding hydrogens is 314 g/mol. The molecule has 2 heteroatoms. The van der Waals surface area contributed by atoms with Gasteiger partial charge in [0, 0.05) is 5.56 Å². The first-order chi connectivity index (χ1) is 12.1. The van der Waals surface area contributed by atoms with Crippen molar-refractivity contribution in [3.8, 4) is 0 Å². The molecule has 2 aromatic rings. The number of halogens is 2. The first kappa shape index (κ1) is 19.4. The van der Waals surface area contributed by atoms with E-state index >= 15 is 0 Å². The standard InChI is InChI=1S/C23H28F2/c1-3-5-7-8-18-10-12-19(13-11-18)14-15-20-16-22(24)21(9-6-4-2)23(25)17-20/h7-8,10-13,16-17H,3-6,9,14-15H2,1-2H3/b8-7+. The van der Waals surface area contributed by atoms with E-state index in [4.69, 9.17) is 0 Å². The van der Waals surface area contributed by atoms with Gasteiger partial charge in [0.15, 0.2) is 0 Å². The van der Waals surface area contributed by atoms with Crippen molar-refractivity contribution in [2.24, 2.45) is 0 Å². The smallest absolute Gasteiger partial charge is 0.129 e. The molecule has 0 saturated heterocycles. The molecular formula is C23H28F2. The molecule has 0 heterocycles. The van der Waals surface area contributed by atoms with E-state index in [0.29, 0.717) is 12.8 Å². The van der Waals surface area contributed by atoms with E-state index in [1.165, 1.54) is 23.3 Å². The number of hydrogen-bond donors (Lipinski definition) is 0. The van der Waals surface area contributed by atoms with Crippen LogP contribution in [0.3, 0.4) is 0 Å². The molecule has 0 nitrogen and oxygen atoms in total. The van der Waals surface area contributed by atoms with Crippen LogP contribution in [0, 0.1) is 11.6 Å². The number of rotatable bonds is 9. The van der Waals surface area contributed by atoms with Crippen LogP contribution in [0.5, 0.6) is 0 Å². The Labute approximate surface area is 150 Å². The Morgan fingerprint density at radius 1 is 0.800 bits per heavy atom. The normalized spacial score (nSPS) is 11.4. The molecule has 0 unspecified atom stereocenters. The van der Waals surface area contributed by atoms with Crippen molar-refractivity contribution in [2.45, 2.75) is 58.8 Å². The molecule has 0 aliphatic carbocycles. The number of unbranched alkanes of at least 4 members (excludes halogenated alkanes) is 2. The minimum absolute atomic E-state index is 0.230. The second-order valence-corrected chi connectivity index (χ2v) is 6.57. The summed E-state index contributed by atoms with van der Waals surface area (Å²) >= 11 is 0. The lowest BCUT2D eigenvalue weighted by Crippen LogP contribution is -2.00. The Hall–Kier alpha value is -1.96. The van der Waals surface area contributed by atoms with Crippen LogP contribution >= 0.6 is 0 Å². The number of benzene rings is 2. The summed E-state index contributed by atoms with van der Waals surface area (Å²) in [6.07, 6.45) is 10.2. The minimum Gasteiger partial charge on any atom is -0.207 e. The monoisotopic (exact) mass is 342 g/mol. The van der Waals surface area contributed by atoms with Crippen molar-refractivity contribution in [3.05, 3.63) is 76.4 Å². The highest BCUT2D eigenvalue weighted by Gasteiger charge is 2.10. The van der Waals surface area contributed by atoms with Gasteiger partial charge < -0.3 is 0 Å². The molecule has 0 N–H and O–H groups in total. The zero-order chi connectivity index (χ0) is 18.1. The maximum atomic E-state index is 14.1. The molecule has 0 radical (unpaired) electrons. The second-order valence-electron chi connectivity index (χ2n) is 6.57. The van der Waals surface area contributed by atoms with Gasteiger partial charge in [-0.25, -0.2) is 8.78 Å². The van der Waals surface area contributed by atoms with Gasteiger partial charge in [-0.2, -0.15) is 0 Å². The zero-order valence-electron chi connectivity index (χ0n) is 15.3. The summed E-state index contributed by atoms with van der Waals surface area (Å²) in [5, 5.41) is 0. The summed E-state index contributed by atoms with van der Waals surface area (Å²) in [6, 6.07) is 11.4. The Morgan fingerprint density at radius 3 is 2.04 bits per heavy atom. The van der Waals surface area contributed by atoms with Gasteiger partial charge >= 0.3 is 0 Å². The van der Waals surface area contributed by atoms with E-state index in [0.717, 1.165) is 37.7 Å². The highest BCUT2D eigenvalue weighted by Crippen LogP contribution is 2.19. The predicted molar refractivity (Wildman–Crippen MR) is 103 cm³/mol. The molecule has 0 spiro atoms. The van der Waals surface area contributed by atoms with Gasteiger partial charge in [-0.15, -0.1) is 0 Å². The average Bonchev–Trinajstić information content (AvgIpc) is 2.61. The highest BCUT2D eigenvalue weighted by molar-refractivity contribution is 5.49. The molecule has 0 aliphatic heterocycles. The lowest BCUT2D eigenvalue weighted by Gasteiger charge is -2.08. The third kappa shape index (κ3) is 6.12. The van der Waals surface area contributed by atoms with Gasteiger partial charge in [0.05, 0.1) is 0 Å². The predicted octanol–water partition coefficient (Wildman–Crippen LogP) is 6.91. The van der Waals surface area contributed by atoms with Crippen molar-refractivity contribution in [2.75, 3.05) is 0 Å². The first-order valence-electron chi connectivity index (χ1n) is 9.36. The molecule has 2 aromatic carbocycles. The fourth-order valence-electron chi connectivity index (χ4n) is 2.86. The van der Waals surface area contributed by atoms with E-state index in [1.807, 2.05) is 6.92 Å². The first-order valence-corrected chi connectivity index (χ1v) is 9.36. The fourth-order valence-corrected chi connectivity index (χ4v) is 2.86. The van der Waals surface area contributed by atoms with Crippen LogP contribution in [0.15, 0.2) is 42.5 Å². The van der Waals surface area contributed by atoms with Gasteiger partial charge in [-0.1, -0.05) is 63.1 Å². The van der Waals surface area contributed by atoms with Crippen LogP contribution in [0.1, 0.15) is 61.8 Å². The zero-order valence-corrected chi connectivity index (χ0v) is 15.3. The molecule has 0 bridgehead atoms. The van der Waals surface area contributed by atoms with Gasteiger partial charge in [-0.3, -0.25) is 0 Å². The van der Waals surface area contributed by atoms with Crippen molar-refractivity contribution >= 4 is 6.08 Å².